The van der Waals surface area contributed by atoms with Crippen molar-refractivity contribution in [3.63, 3.8) is 0 Å². The first-order valence-corrected chi connectivity index (χ1v) is 11.8. The third-order valence-electron chi connectivity index (χ3n) is 5.89. The normalized spacial score (nSPS) is 22.8. The number of ketones is 1. The molecule has 3 rings (SSSR count). The molecule has 0 radical (unpaired) electrons. The number of ether oxygens (including phenoxy) is 5. The van der Waals surface area contributed by atoms with Crippen LogP contribution in [0.2, 0.25) is 0 Å². The molecule has 2 unspecified atom stereocenters. The average Bonchev–Trinajstić information content (AvgIpc) is 3.38. The number of benzene rings is 1. The van der Waals surface area contributed by atoms with Crippen LogP contribution in [-0.4, -0.2) is 57.9 Å². The highest BCUT2D eigenvalue weighted by Gasteiger charge is 2.30. The molecule has 3 atom stereocenters. The zero-order chi connectivity index (χ0) is 24.0. The van der Waals surface area contributed by atoms with Crippen LogP contribution in [0.3, 0.4) is 0 Å². The van der Waals surface area contributed by atoms with Crippen molar-refractivity contribution in [2.75, 3.05) is 33.7 Å². The maximum absolute atomic E-state index is 12.5. The van der Waals surface area contributed by atoms with Crippen LogP contribution in [0.25, 0.3) is 0 Å². The van der Waals surface area contributed by atoms with Crippen LogP contribution in [0.4, 0.5) is 4.79 Å². The molecule has 1 saturated heterocycles. The molecular weight excluding hydrogens is 438 g/mol. The second-order valence-corrected chi connectivity index (χ2v) is 8.37. The number of alkyl carbamates (subject to hydrolysis) is 1. The van der Waals surface area contributed by atoms with Crippen LogP contribution >= 0.6 is 0 Å². The Morgan fingerprint density at radius 2 is 1.94 bits per heavy atom. The number of allylic oxidation sites excluding steroid dienone is 2. The van der Waals surface area contributed by atoms with Gasteiger partial charge in [-0.2, -0.15) is 0 Å². The first kappa shape index (κ1) is 26.1. The number of hydrogen-bond donors (Lipinski definition) is 1. The van der Waals surface area contributed by atoms with Crippen molar-refractivity contribution in [1.29, 1.82) is 0 Å². The molecule has 1 aromatic rings. The molecule has 1 fully saturated rings. The van der Waals surface area contributed by atoms with Gasteiger partial charge in [0, 0.05) is 32.5 Å². The zero-order valence-electron chi connectivity index (χ0n) is 19.7. The Labute approximate surface area is 201 Å². The van der Waals surface area contributed by atoms with Crippen molar-refractivity contribution < 1.29 is 33.3 Å². The lowest BCUT2D eigenvalue weighted by Crippen LogP contribution is -2.43. The highest BCUT2D eigenvalue weighted by Crippen LogP contribution is 2.30. The summed E-state index contributed by atoms with van der Waals surface area (Å²) in [5.41, 5.74) is 0.919. The van der Waals surface area contributed by atoms with E-state index < -0.39 is 6.09 Å². The van der Waals surface area contributed by atoms with Crippen LogP contribution in [0.1, 0.15) is 31.2 Å². The van der Waals surface area contributed by atoms with E-state index in [0.29, 0.717) is 32.7 Å². The van der Waals surface area contributed by atoms with Crippen LogP contribution in [0.5, 0.6) is 0 Å². The summed E-state index contributed by atoms with van der Waals surface area (Å²) < 4.78 is 26.6. The van der Waals surface area contributed by atoms with Gasteiger partial charge < -0.3 is 29.0 Å². The lowest BCUT2D eigenvalue weighted by atomic mass is 9.77. The van der Waals surface area contributed by atoms with Gasteiger partial charge in [-0.1, -0.05) is 48.6 Å². The van der Waals surface area contributed by atoms with Crippen molar-refractivity contribution in [1.82, 2.24) is 5.32 Å². The number of hydrogen-bond acceptors (Lipinski definition) is 7. The molecule has 8 heteroatoms. The Kier molecular flexibility index (Phi) is 11.3. The van der Waals surface area contributed by atoms with Crippen molar-refractivity contribution >= 4 is 11.9 Å². The molecule has 1 aliphatic carbocycles. The highest BCUT2D eigenvalue weighted by molar-refractivity contribution is 5.89. The second-order valence-electron chi connectivity index (χ2n) is 8.37. The van der Waals surface area contributed by atoms with Crippen LogP contribution in [0, 0.1) is 11.8 Å². The minimum absolute atomic E-state index is 0.00781. The Morgan fingerprint density at radius 3 is 2.71 bits per heavy atom. The molecule has 1 amide bonds. The summed E-state index contributed by atoms with van der Waals surface area (Å²) in [6.45, 7) is 2.11. The zero-order valence-corrected chi connectivity index (χ0v) is 19.7. The Morgan fingerprint density at radius 1 is 1.15 bits per heavy atom. The lowest BCUT2D eigenvalue weighted by Gasteiger charge is -2.33. The van der Waals surface area contributed by atoms with E-state index in [0.717, 1.165) is 18.4 Å². The molecule has 1 aromatic carbocycles. The van der Waals surface area contributed by atoms with Crippen molar-refractivity contribution in [3.8, 4) is 0 Å². The Hall–Kier alpha value is -2.52. The van der Waals surface area contributed by atoms with E-state index in [4.69, 9.17) is 23.7 Å². The van der Waals surface area contributed by atoms with Gasteiger partial charge in [-0.25, -0.2) is 4.79 Å². The monoisotopic (exact) mass is 473 g/mol. The number of rotatable bonds is 13. The molecule has 186 valence electrons. The fraction of sp³-hybridized carbons (Fsp3) is 0.538. The molecule has 0 spiro atoms. The van der Waals surface area contributed by atoms with E-state index >= 15 is 0 Å². The first-order chi connectivity index (χ1) is 16.7. The third-order valence-corrected chi connectivity index (χ3v) is 5.89. The van der Waals surface area contributed by atoms with Crippen molar-refractivity contribution in [2.24, 2.45) is 11.8 Å². The van der Waals surface area contributed by atoms with Gasteiger partial charge in [0.05, 0.1) is 19.3 Å². The summed E-state index contributed by atoms with van der Waals surface area (Å²) in [5, 5.41) is 2.96. The fourth-order valence-corrected chi connectivity index (χ4v) is 4.12. The summed E-state index contributed by atoms with van der Waals surface area (Å²) in [4.78, 5) is 25.0. The summed E-state index contributed by atoms with van der Waals surface area (Å²) in [5.74, 6) is 0.142. The lowest BCUT2D eigenvalue weighted by molar-refractivity contribution is -0.117. The summed E-state index contributed by atoms with van der Waals surface area (Å²) in [7, 11) is 1.59. The Balaban J connectivity index is 1.57. The summed E-state index contributed by atoms with van der Waals surface area (Å²) in [6.07, 6.45) is 9.26. The molecule has 0 aromatic heterocycles. The van der Waals surface area contributed by atoms with E-state index in [1.165, 1.54) is 0 Å². The predicted octanol–water partition coefficient (Wildman–Crippen LogP) is 3.76. The maximum atomic E-state index is 12.5. The first-order valence-electron chi connectivity index (χ1n) is 11.8. The largest absolute Gasteiger partial charge is 0.445 e. The molecule has 0 bridgehead atoms. The SMILES string of the molecule is COCOCC[C@@H]1CC=CC(NC(=O)OCc2ccccc2)C1C=CC(=O)CCC1OCCO1. The quantitative estimate of drug-likeness (QED) is 0.202. The van der Waals surface area contributed by atoms with E-state index in [2.05, 4.69) is 11.4 Å². The molecule has 8 nitrogen and oxygen atoms in total. The van der Waals surface area contributed by atoms with Gasteiger partial charge in [0.2, 0.25) is 0 Å². The van der Waals surface area contributed by atoms with Gasteiger partial charge in [-0.3, -0.25) is 4.79 Å². The Bertz CT molecular complexity index is 805. The van der Waals surface area contributed by atoms with Crippen LogP contribution in [-0.2, 0) is 35.1 Å². The van der Waals surface area contributed by atoms with E-state index in [1.807, 2.05) is 42.5 Å². The second kappa shape index (κ2) is 14.7. The van der Waals surface area contributed by atoms with E-state index in [9.17, 15) is 9.59 Å². The van der Waals surface area contributed by atoms with Crippen molar-refractivity contribution in [2.45, 2.75) is 44.6 Å². The van der Waals surface area contributed by atoms with Gasteiger partial charge in [0.15, 0.2) is 12.1 Å². The van der Waals surface area contributed by atoms with Gasteiger partial charge in [-0.05, 0) is 30.4 Å². The van der Waals surface area contributed by atoms with E-state index in [1.54, 1.807) is 13.2 Å². The standard InChI is InChI=1S/C26H35NO7/c1-30-19-31-15-14-21-8-5-9-24(27-26(29)34-18-20-6-3-2-4-7-20)23(21)12-10-22(28)11-13-25-32-16-17-33-25/h2-7,9-10,12,21,23-25H,8,11,13-19H2,1H3,(H,27,29)/t21-,23?,24?/m0/s1. The van der Waals surface area contributed by atoms with Crippen LogP contribution < -0.4 is 5.32 Å². The molecule has 34 heavy (non-hydrogen) atoms. The predicted molar refractivity (Wildman–Crippen MR) is 126 cm³/mol. The van der Waals surface area contributed by atoms with Gasteiger partial charge in [-0.15, -0.1) is 0 Å². The minimum atomic E-state index is -0.491. The maximum Gasteiger partial charge on any atom is 0.407 e. The average molecular weight is 474 g/mol. The summed E-state index contributed by atoms with van der Waals surface area (Å²) in [6, 6.07) is 9.25. The number of carbonyl (C=O) groups is 2. The fourth-order valence-electron chi connectivity index (χ4n) is 4.12. The van der Waals surface area contributed by atoms with Gasteiger partial charge in [0.25, 0.3) is 0 Å². The minimum Gasteiger partial charge on any atom is -0.445 e. The number of amides is 1. The van der Waals surface area contributed by atoms with Gasteiger partial charge >= 0.3 is 6.09 Å². The third kappa shape index (κ3) is 9.02. The smallest absolute Gasteiger partial charge is 0.407 e. The molecule has 0 saturated carbocycles. The molecule has 1 N–H and O–H groups in total. The van der Waals surface area contributed by atoms with Gasteiger partial charge in [0.1, 0.15) is 13.4 Å². The highest BCUT2D eigenvalue weighted by atomic mass is 16.7. The number of carbonyl (C=O) groups excluding carboxylic acids is 2. The molecule has 1 heterocycles. The molecular formula is C26H35NO7. The summed E-state index contributed by atoms with van der Waals surface area (Å²) >= 11 is 0. The number of nitrogens with one attached hydrogen (secondary N) is 1. The topological polar surface area (TPSA) is 92.3 Å². The molecule has 2 aliphatic rings. The van der Waals surface area contributed by atoms with E-state index in [-0.39, 0.29) is 43.4 Å². The molecule has 1 aliphatic heterocycles. The number of methoxy groups -OCH3 is 1. The van der Waals surface area contributed by atoms with Crippen LogP contribution in [0.15, 0.2) is 54.6 Å². The van der Waals surface area contributed by atoms with Crippen molar-refractivity contribution in [3.05, 3.63) is 60.2 Å².